The Morgan fingerprint density at radius 3 is 2.40 bits per heavy atom. The van der Waals surface area contributed by atoms with Gasteiger partial charge < -0.3 is 10.0 Å². The highest BCUT2D eigenvalue weighted by Gasteiger charge is 2.25. The first-order valence-corrected chi connectivity index (χ1v) is 6.71. The average Bonchev–Trinajstić information content (AvgIpc) is 2.23. The average molecular weight is 211 g/mol. The maximum Gasteiger partial charge on any atom is 0.0483 e. The summed E-state index contributed by atoms with van der Waals surface area (Å²) >= 11 is 0. The molecule has 1 aliphatic heterocycles. The Balaban J connectivity index is 1.48. The third-order valence-corrected chi connectivity index (χ3v) is 4.10. The summed E-state index contributed by atoms with van der Waals surface area (Å²) in [4.78, 5) is 2.49. The first kappa shape index (κ1) is 11.4. The molecular formula is C13H25NO. The van der Waals surface area contributed by atoms with Crippen LogP contribution in [0.1, 0.15) is 44.9 Å². The van der Waals surface area contributed by atoms with E-state index >= 15 is 0 Å². The minimum absolute atomic E-state index is 0.388. The van der Waals surface area contributed by atoms with Gasteiger partial charge in [-0.25, -0.2) is 0 Å². The van der Waals surface area contributed by atoms with Gasteiger partial charge >= 0.3 is 0 Å². The van der Waals surface area contributed by atoms with E-state index in [1.807, 2.05) is 0 Å². The normalized spacial score (nSPS) is 25.4. The molecule has 0 radical (unpaired) electrons. The van der Waals surface area contributed by atoms with Crippen molar-refractivity contribution >= 4 is 0 Å². The summed E-state index contributed by atoms with van der Waals surface area (Å²) in [5.74, 6) is 1.62. The van der Waals surface area contributed by atoms with Crippen LogP contribution in [-0.2, 0) is 0 Å². The highest BCUT2D eigenvalue weighted by molar-refractivity contribution is 4.79. The minimum atomic E-state index is 0.388. The highest BCUT2D eigenvalue weighted by Crippen LogP contribution is 2.27. The lowest BCUT2D eigenvalue weighted by atomic mass is 9.86. The van der Waals surface area contributed by atoms with Gasteiger partial charge in [0.25, 0.3) is 0 Å². The van der Waals surface area contributed by atoms with Crippen LogP contribution in [0, 0.1) is 11.8 Å². The summed E-state index contributed by atoms with van der Waals surface area (Å²) in [6.45, 7) is 3.94. The van der Waals surface area contributed by atoms with Crippen LogP contribution < -0.4 is 0 Å². The van der Waals surface area contributed by atoms with Crippen molar-refractivity contribution in [3.05, 3.63) is 0 Å². The SMILES string of the molecule is OCC1CN(CCCC2CCCCC2)C1. The van der Waals surface area contributed by atoms with Gasteiger partial charge in [-0.15, -0.1) is 0 Å². The van der Waals surface area contributed by atoms with Crippen molar-refractivity contribution in [3.63, 3.8) is 0 Å². The van der Waals surface area contributed by atoms with Crippen molar-refractivity contribution < 1.29 is 5.11 Å². The van der Waals surface area contributed by atoms with E-state index < -0.39 is 0 Å². The third-order valence-electron chi connectivity index (χ3n) is 4.10. The molecule has 2 heteroatoms. The Morgan fingerprint density at radius 2 is 1.73 bits per heavy atom. The van der Waals surface area contributed by atoms with E-state index in [0.29, 0.717) is 12.5 Å². The van der Waals surface area contributed by atoms with Crippen LogP contribution >= 0.6 is 0 Å². The van der Waals surface area contributed by atoms with Crippen LogP contribution in [0.15, 0.2) is 0 Å². The molecule has 1 aliphatic carbocycles. The maximum atomic E-state index is 8.91. The second-order valence-electron chi connectivity index (χ2n) is 5.45. The third kappa shape index (κ3) is 3.46. The van der Waals surface area contributed by atoms with E-state index in [2.05, 4.69) is 4.90 Å². The molecule has 0 aromatic heterocycles. The van der Waals surface area contributed by atoms with E-state index in [4.69, 9.17) is 5.11 Å². The number of aliphatic hydroxyl groups is 1. The molecule has 1 saturated heterocycles. The molecule has 0 atom stereocenters. The number of nitrogens with zero attached hydrogens (tertiary/aromatic N) is 1. The van der Waals surface area contributed by atoms with Gasteiger partial charge in [0.05, 0.1) is 0 Å². The predicted molar refractivity (Wildman–Crippen MR) is 62.8 cm³/mol. The van der Waals surface area contributed by atoms with Gasteiger partial charge in [-0.2, -0.15) is 0 Å². The molecule has 0 unspecified atom stereocenters. The van der Waals surface area contributed by atoms with Gasteiger partial charge in [0, 0.05) is 25.6 Å². The van der Waals surface area contributed by atoms with E-state index in [1.54, 1.807) is 0 Å². The smallest absolute Gasteiger partial charge is 0.0483 e. The zero-order chi connectivity index (χ0) is 10.5. The van der Waals surface area contributed by atoms with Crippen molar-refractivity contribution in [2.24, 2.45) is 11.8 Å². The van der Waals surface area contributed by atoms with Crippen molar-refractivity contribution in [2.75, 3.05) is 26.2 Å². The first-order valence-electron chi connectivity index (χ1n) is 6.71. The molecule has 88 valence electrons. The minimum Gasteiger partial charge on any atom is -0.396 e. The van der Waals surface area contributed by atoms with Crippen molar-refractivity contribution in [1.29, 1.82) is 0 Å². The van der Waals surface area contributed by atoms with E-state index in [0.717, 1.165) is 19.0 Å². The van der Waals surface area contributed by atoms with Gasteiger partial charge in [0.2, 0.25) is 0 Å². The summed E-state index contributed by atoms with van der Waals surface area (Å²) in [6.07, 6.45) is 10.2. The summed E-state index contributed by atoms with van der Waals surface area (Å²) < 4.78 is 0. The molecule has 2 rings (SSSR count). The summed E-state index contributed by atoms with van der Waals surface area (Å²) in [5.41, 5.74) is 0. The Kier molecular flexibility index (Phi) is 4.45. The number of likely N-dealkylation sites (tertiary alicyclic amines) is 1. The van der Waals surface area contributed by atoms with E-state index in [9.17, 15) is 0 Å². The molecule has 0 spiro atoms. The van der Waals surface area contributed by atoms with Crippen LogP contribution in [0.3, 0.4) is 0 Å². The van der Waals surface area contributed by atoms with Gasteiger partial charge in [0.1, 0.15) is 0 Å². The van der Waals surface area contributed by atoms with E-state index in [1.165, 1.54) is 51.5 Å². The Morgan fingerprint density at radius 1 is 1.00 bits per heavy atom. The fourth-order valence-corrected chi connectivity index (χ4v) is 3.05. The molecule has 1 N–H and O–H groups in total. The summed E-state index contributed by atoms with van der Waals surface area (Å²) in [6, 6.07) is 0. The molecule has 0 aromatic rings. The molecule has 1 heterocycles. The zero-order valence-corrected chi connectivity index (χ0v) is 9.83. The zero-order valence-electron chi connectivity index (χ0n) is 9.83. The number of rotatable bonds is 5. The lowest BCUT2D eigenvalue weighted by molar-refractivity contribution is 0.0514. The Labute approximate surface area is 93.7 Å². The number of hydrogen-bond acceptors (Lipinski definition) is 2. The second-order valence-corrected chi connectivity index (χ2v) is 5.45. The summed E-state index contributed by atoms with van der Waals surface area (Å²) in [5, 5.41) is 8.91. The maximum absolute atomic E-state index is 8.91. The van der Waals surface area contributed by atoms with E-state index in [-0.39, 0.29) is 0 Å². The Hall–Kier alpha value is -0.0800. The molecule has 2 nitrogen and oxygen atoms in total. The van der Waals surface area contributed by atoms with Gasteiger partial charge in [0.15, 0.2) is 0 Å². The van der Waals surface area contributed by atoms with Crippen molar-refractivity contribution in [3.8, 4) is 0 Å². The molecule has 0 amide bonds. The molecule has 0 bridgehead atoms. The largest absolute Gasteiger partial charge is 0.396 e. The second kappa shape index (κ2) is 5.86. The summed E-state index contributed by atoms with van der Waals surface area (Å²) in [7, 11) is 0. The first-order chi connectivity index (χ1) is 7.38. The van der Waals surface area contributed by atoms with Crippen LogP contribution in [0.2, 0.25) is 0 Å². The van der Waals surface area contributed by atoms with Gasteiger partial charge in [-0.05, 0) is 25.3 Å². The predicted octanol–water partition coefficient (Wildman–Crippen LogP) is 2.27. The van der Waals surface area contributed by atoms with Crippen molar-refractivity contribution in [1.82, 2.24) is 4.90 Å². The number of aliphatic hydroxyl groups excluding tert-OH is 1. The number of hydrogen-bond donors (Lipinski definition) is 1. The topological polar surface area (TPSA) is 23.5 Å². The van der Waals surface area contributed by atoms with Crippen LogP contribution in [0.5, 0.6) is 0 Å². The standard InChI is InChI=1S/C13H25NO/c15-11-13-9-14(10-13)8-4-7-12-5-2-1-3-6-12/h12-13,15H,1-11H2. The molecule has 2 aliphatic rings. The van der Waals surface area contributed by atoms with Crippen LogP contribution in [-0.4, -0.2) is 36.2 Å². The lowest BCUT2D eigenvalue weighted by Gasteiger charge is -2.38. The Bertz CT molecular complexity index is 171. The van der Waals surface area contributed by atoms with Gasteiger partial charge in [-0.3, -0.25) is 0 Å². The fraction of sp³-hybridized carbons (Fsp3) is 1.00. The van der Waals surface area contributed by atoms with Crippen LogP contribution in [0.25, 0.3) is 0 Å². The quantitative estimate of drug-likeness (QED) is 0.754. The highest BCUT2D eigenvalue weighted by atomic mass is 16.3. The van der Waals surface area contributed by atoms with Crippen molar-refractivity contribution in [2.45, 2.75) is 44.9 Å². The monoisotopic (exact) mass is 211 g/mol. The molecule has 1 saturated carbocycles. The molecule has 2 fully saturated rings. The molecule has 15 heavy (non-hydrogen) atoms. The fourth-order valence-electron chi connectivity index (χ4n) is 3.05. The van der Waals surface area contributed by atoms with Crippen LogP contribution in [0.4, 0.5) is 0 Å². The van der Waals surface area contributed by atoms with Gasteiger partial charge in [-0.1, -0.05) is 32.1 Å². The molecule has 0 aromatic carbocycles. The lowest BCUT2D eigenvalue weighted by Crippen LogP contribution is -2.48. The molecular weight excluding hydrogens is 186 g/mol.